The smallest absolute Gasteiger partial charge is 0.405 e. The van der Waals surface area contributed by atoms with Crippen LogP contribution in [-0.4, -0.2) is 117 Å². The molecule has 2 N–H and O–H groups in total. The molecule has 1 aromatic heterocycles. The minimum absolute atomic E-state index is 0.00367. The molecule has 2 aromatic carbocycles. The topological polar surface area (TPSA) is 192 Å². The molecule has 0 aliphatic carbocycles. The largest absolute Gasteiger partial charge is 0.487 e. The van der Waals surface area contributed by atoms with Crippen molar-refractivity contribution in [3.63, 3.8) is 0 Å². The summed E-state index contributed by atoms with van der Waals surface area (Å²) in [5.74, 6) is -0.593. The third kappa shape index (κ3) is 11.8. The summed E-state index contributed by atoms with van der Waals surface area (Å²) in [4.78, 5) is 44.0. The number of benzene rings is 2. The van der Waals surface area contributed by atoms with E-state index in [4.69, 9.17) is 28.4 Å². The van der Waals surface area contributed by atoms with Crippen molar-refractivity contribution >= 4 is 39.4 Å². The molecule has 3 aromatic rings. The molecule has 18 heteroatoms. The highest BCUT2D eigenvalue weighted by atomic mass is 32.2. The van der Waals surface area contributed by atoms with Gasteiger partial charge in [0, 0.05) is 31.1 Å². The first-order chi connectivity index (χ1) is 25.3. The summed E-state index contributed by atoms with van der Waals surface area (Å²) in [6, 6.07) is 10.0. The van der Waals surface area contributed by atoms with E-state index in [1.54, 1.807) is 24.3 Å². The van der Waals surface area contributed by atoms with Gasteiger partial charge >= 0.3 is 18.0 Å². The Morgan fingerprint density at radius 1 is 1.04 bits per heavy atom. The highest BCUT2D eigenvalue weighted by Crippen LogP contribution is 2.35. The monoisotopic (exact) mass is 776 g/mol. The van der Waals surface area contributed by atoms with Gasteiger partial charge in [0.25, 0.3) is 0 Å². The van der Waals surface area contributed by atoms with Crippen LogP contribution in [0.4, 0.5) is 4.79 Å². The number of thiazole rings is 1. The average Bonchev–Trinajstić information content (AvgIpc) is 3.77. The molecular formula is C35H44N4O12S2. The summed E-state index contributed by atoms with van der Waals surface area (Å²) in [7, 11) is -4.25. The SMILES string of the molecule is Cc1nc(COc2ccc(CC(NC(=O)O)C(CN(CC(C)C)S(=O)(=O)c3ccc4c(c3)OCO4)OC(=O)COC(=O)CN3CCOCC3)cc2)cs1. The van der Waals surface area contributed by atoms with Gasteiger partial charge in [0.15, 0.2) is 18.1 Å². The number of hydrogen-bond acceptors (Lipinski definition) is 14. The van der Waals surface area contributed by atoms with Gasteiger partial charge in [-0.2, -0.15) is 4.31 Å². The molecule has 0 radical (unpaired) electrons. The van der Waals surface area contributed by atoms with Crippen molar-refractivity contribution in [3.8, 4) is 17.2 Å². The lowest BCUT2D eigenvalue weighted by molar-refractivity contribution is -0.164. The normalized spacial score (nSPS) is 15.6. The minimum atomic E-state index is -4.25. The molecular weight excluding hydrogens is 733 g/mol. The highest BCUT2D eigenvalue weighted by Gasteiger charge is 2.35. The average molecular weight is 777 g/mol. The van der Waals surface area contributed by atoms with Crippen LogP contribution in [0, 0.1) is 12.8 Å². The van der Waals surface area contributed by atoms with E-state index in [-0.39, 0.29) is 49.5 Å². The van der Waals surface area contributed by atoms with Gasteiger partial charge in [0.05, 0.1) is 47.9 Å². The second-order valence-electron chi connectivity index (χ2n) is 12.9. The maximum Gasteiger partial charge on any atom is 0.405 e. The van der Waals surface area contributed by atoms with E-state index in [0.29, 0.717) is 43.4 Å². The first kappa shape index (κ1) is 39.7. The number of amides is 1. The van der Waals surface area contributed by atoms with E-state index in [0.717, 1.165) is 15.0 Å². The Morgan fingerprint density at radius 2 is 1.77 bits per heavy atom. The Labute approximate surface area is 311 Å². The number of aromatic nitrogens is 1. The van der Waals surface area contributed by atoms with Gasteiger partial charge in [-0.3, -0.25) is 9.69 Å². The van der Waals surface area contributed by atoms with Crippen molar-refractivity contribution in [1.29, 1.82) is 0 Å². The van der Waals surface area contributed by atoms with Gasteiger partial charge < -0.3 is 38.8 Å². The Kier molecular flexibility index (Phi) is 13.9. The summed E-state index contributed by atoms with van der Waals surface area (Å²) in [5, 5.41) is 15.1. The molecule has 0 saturated carbocycles. The van der Waals surface area contributed by atoms with E-state index in [1.807, 2.05) is 31.1 Å². The number of nitrogens with one attached hydrogen (secondary N) is 1. The molecule has 5 rings (SSSR count). The maximum absolute atomic E-state index is 14.2. The lowest BCUT2D eigenvalue weighted by Gasteiger charge is -2.32. The lowest BCUT2D eigenvalue weighted by atomic mass is 10.0. The highest BCUT2D eigenvalue weighted by molar-refractivity contribution is 7.89. The van der Waals surface area contributed by atoms with Crippen LogP contribution in [0.15, 0.2) is 52.7 Å². The first-order valence-corrected chi connectivity index (χ1v) is 19.3. The maximum atomic E-state index is 14.2. The van der Waals surface area contributed by atoms with Gasteiger partial charge in [-0.15, -0.1) is 11.3 Å². The van der Waals surface area contributed by atoms with Crippen LogP contribution in [0.5, 0.6) is 17.2 Å². The number of esters is 2. The fraction of sp³-hybridized carbons (Fsp3) is 0.486. The Morgan fingerprint density at radius 3 is 2.45 bits per heavy atom. The number of carbonyl (C=O) groups excluding carboxylic acids is 2. The predicted octanol–water partition coefficient (Wildman–Crippen LogP) is 3.07. The van der Waals surface area contributed by atoms with Crippen LogP contribution in [0.1, 0.15) is 30.1 Å². The molecule has 0 bridgehead atoms. The molecule has 2 aliphatic heterocycles. The number of morpholine rings is 1. The molecule has 0 spiro atoms. The fourth-order valence-corrected chi connectivity index (χ4v) is 7.91. The zero-order valence-corrected chi connectivity index (χ0v) is 31.4. The number of rotatable bonds is 18. The van der Waals surface area contributed by atoms with Crippen molar-refractivity contribution < 1.29 is 56.3 Å². The van der Waals surface area contributed by atoms with Gasteiger partial charge in [-0.25, -0.2) is 23.0 Å². The first-order valence-electron chi connectivity index (χ1n) is 17.0. The number of carboxylic acid groups (broad SMARTS) is 1. The second-order valence-corrected chi connectivity index (χ2v) is 15.9. The van der Waals surface area contributed by atoms with Crippen LogP contribution < -0.4 is 19.5 Å². The van der Waals surface area contributed by atoms with Crippen molar-refractivity contribution in [1.82, 2.24) is 19.5 Å². The summed E-state index contributed by atoms with van der Waals surface area (Å²) >= 11 is 1.52. The molecule has 2 atom stereocenters. The summed E-state index contributed by atoms with van der Waals surface area (Å²) in [6.45, 7) is 6.54. The zero-order chi connectivity index (χ0) is 38.0. The number of fused-ring (bicyclic) bond motifs is 1. The summed E-state index contributed by atoms with van der Waals surface area (Å²) in [6.07, 6.45) is -2.77. The van der Waals surface area contributed by atoms with Gasteiger partial charge in [-0.05, 0) is 49.1 Å². The van der Waals surface area contributed by atoms with Crippen LogP contribution in [0.2, 0.25) is 0 Å². The molecule has 16 nitrogen and oxygen atoms in total. The number of hydrogen-bond donors (Lipinski definition) is 2. The van der Waals surface area contributed by atoms with Crippen molar-refractivity contribution in [2.75, 3.05) is 59.3 Å². The van der Waals surface area contributed by atoms with Crippen molar-refractivity contribution in [2.24, 2.45) is 5.92 Å². The standard InChI is InChI=1S/C35H44N4O12S2/c1-23(2)16-39(53(44,45)28-8-9-30-31(15-28)50-22-49-30)17-32(51-34(41)20-48-33(40)18-38-10-12-46-13-11-38)29(37-35(42)43)14-25-4-6-27(7-5-25)47-19-26-21-52-24(3)36-26/h4-9,15,21,23,29,32,37H,10-14,16-20,22H2,1-3H3,(H,42,43). The van der Waals surface area contributed by atoms with Crippen LogP contribution >= 0.6 is 11.3 Å². The number of aryl methyl sites for hydroxylation is 1. The van der Waals surface area contributed by atoms with Crippen molar-refractivity contribution in [2.45, 2.75) is 50.8 Å². The lowest BCUT2D eigenvalue weighted by Crippen LogP contribution is -2.52. The Balaban J connectivity index is 1.36. The Bertz CT molecular complexity index is 1810. The summed E-state index contributed by atoms with van der Waals surface area (Å²) < 4.78 is 62.3. The van der Waals surface area contributed by atoms with E-state index >= 15 is 0 Å². The zero-order valence-electron chi connectivity index (χ0n) is 29.7. The van der Waals surface area contributed by atoms with Gasteiger partial charge in [0.2, 0.25) is 16.8 Å². The molecule has 1 fully saturated rings. The molecule has 1 amide bonds. The van der Waals surface area contributed by atoms with E-state index in [9.17, 15) is 27.9 Å². The number of ether oxygens (including phenoxy) is 6. The third-order valence-corrected chi connectivity index (χ3v) is 10.9. The molecule has 2 aliphatic rings. The minimum Gasteiger partial charge on any atom is -0.487 e. The molecule has 2 unspecified atom stereocenters. The van der Waals surface area contributed by atoms with Crippen LogP contribution in [0.3, 0.4) is 0 Å². The number of sulfonamides is 1. The molecule has 288 valence electrons. The molecule has 53 heavy (non-hydrogen) atoms. The predicted molar refractivity (Wildman–Crippen MR) is 191 cm³/mol. The molecule has 3 heterocycles. The third-order valence-electron chi connectivity index (χ3n) is 8.21. The fourth-order valence-electron chi connectivity index (χ4n) is 5.68. The second kappa shape index (κ2) is 18.5. The van der Waals surface area contributed by atoms with E-state index in [2.05, 4.69) is 10.3 Å². The van der Waals surface area contributed by atoms with Gasteiger partial charge in [-0.1, -0.05) is 26.0 Å². The number of carbonyl (C=O) groups is 3. The van der Waals surface area contributed by atoms with E-state index in [1.165, 1.54) is 29.5 Å². The Hall–Kier alpha value is -4.49. The van der Waals surface area contributed by atoms with Crippen molar-refractivity contribution in [3.05, 3.63) is 64.1 Å². The van der Waals surface area contributed by atoms with Crippen LogP contribution in [0.25, 0.3) is 0 Å². The molecule has 1 saturated heterocycles. The van der Waals surface area contributed by atoms with Gasteiger partial charge in [0.1, 0.15) is 18.5 Å². The van der Waals surface area contributed by atoms with Crippen LogP contribution in [-0.2, 0) is 46.9 Å². The number of nitrogens with zero attached hydrogens (tertiary/aromatic N) is 3. The quantitative estimate of drug-likeness (QED) is 0.179. The van der Waals surface area contributed by atoms with E-state index < -0.39 is 53.4 Å². The summed E-state index contributed by atoms with van der Waals surface area (Å²) in [5.41, 5.74) is 1.44.